The first-order valence-corrected chi connectivity index (χ1v) is 7.01. The number of para-hydroxylation sites is 1. The summed E-state index contributed by atoms with van der Waals surface area (Å²) in [5.74, 6) is 0.0889. The van der Waals surface area contributed by atoms with E-state index in [9.17, 15) is 4.79 Å². The first-order valence-electron chi connectivity index (χ1n) is 7.01. The summed E-state index contributed by atoms with van der Waals surface area (Å²) in [7, 11) is 0. The average molecular weight is 262 g/mol. The molecule has 0 spiro atoms. The van der Waals surface area contributed by atoms with E-state index < -0.39 is 0 Å². The summed E-state index contributed by atoms with van der Waals surface area (Å²) in [6.45, 7) is 4.09. The minimum atomic E-state index is -0.109. The zero-order valence-corrected chi connectivity index (χ0v) is 11.4. The molecule has 1 aliphatic heterocycles. The molecule has 1 atom stereocenters. The summed E-state index contributed by atoms with van der Waals surface area (Å²) >= 11 is 0. The molecule has 0 saturated carbocycles. The van der Waals surface area contributed by atoms with Crippen molar-refractivity contribution in [1.29, 1.82) is 0 Å². The monoisotopic (exact) mass is 262 g/mol. The zero-order valence-electron chi connectivity index (χ0n) is 11.4. The first kappa shape index (κ1) is 13.9. The Morgan fingerprint density at radius 3 is 3.16 bits per heavy atom. The van der Waals surface area contributed by atoms with Crippen LogP contribution in [0.5, 0.6) is 0 Å². The van der Waals surface area contributed by atoms with Crippen LogP contribution in [0.2, 0.25) is 0 Å². The molecule has 0 radical (unpaired) electrons. The fraction of sp³-hybridized carbons (Fsp3) is 0.533. The Hall–Kier alpha value is -1.55. The molecule has 1 amide bonds. The second kappa shape index (κ2) is 7.14. The number of ether oxygens (including phenoxy) is 1. The topological polar surface area (TPSA) is 50.4 Å². The number of aryl methyl sites for hydroxylation is 1. The molecule has 0 fully saturated rings. The van der Waals surface area contributed by atoms with Gasteiger partial charge in [-0.05, 0) is 37.8 Å². The van der Waals surface area contributed by atoms with E-state index in [1.807, 2.05) is 25.1 Å². The lowest BCUT2D eigenvalue weighted by atomic mass is 9.98. The Morgan fingerprint density at radius 1 is 1.47 bits per heavy atom. The van der Waals surface area contributed by atoms with E-state index in [2.05, 4.69) is 16.7 Å². The van der Waals surface area contributed by atoms with Crippen LogP contribution < -0.4 is 10.6 Å². The smallest absolute Gasteiger partial charge is 0.242 e. The molecular weight excluding hydrogens is 240 g/mol. The number of fused-ring (bicyclic) bond motifs is 1. The largest absolute Gasteiger partial charge is 0.382 e. The maximum absolute atomic E-state index is 12.0. The lowest BCUT2D eigenvalue weighted by Gasteiger charge is -2.26. The van der Waals surface area contributed by atoms with E-state index in [1.54, 1.807) is 0 Å². The van der Waals surface area contributed by atoms with Crippen LogP contribution in [0, 0.1) is 0 Å². The minimum Gasteiger partial charge on any atom is -0.382 e. The van der Waals surface area contributed by atoms with Gasteiger partial charge in [0.2, 0.25) is 5.91 Å². The molecule has 1 aliphatic rings. The third kappa shape index (κ3) is 3.96. The summed E-state index contributed by atoms with van der Waals surface area (Å²) in [5.41, 5.74) is 2.38. The minimum absolute atomic E-state index is 0.0889. The van der Waals surface area contributed by atoms with Crippen LogP contribution in [-0.4, -0.2) is 31.7 Å². The molecule has 1 aromatic rings. The normalized spacial score (nSPS) is 17.4. The molecule has 4 nitrogen and oxygen atoms in total. The Bertz CT molecular complexity index is 420. The maximum atomic E-state index is 12.0. The fourth-order valence-corrected chi connectivity index (χ4v) is 2.29. The molecule has 0 aliphatic carbocycles. The van der Waals surface area contributed by atoms with Gasteiger partial charge in [0.25, 0.3) is 0 Å². The number of anilines is 1. The van der Waals surface area contributed by atoms with Gasteiger partial charge in [0.05, 0.1) is 0 Å². The van der Waals surface area contributed by atoms with Gasteiger partial charge >= 0.3 is 0 Å². The third-order valence-corrected chi connectivity index (χ3v) is 3.33. The molecule has 0 saturated heterocycles. The molecule has 104 valence electrons. The molecule has 0 bridgehead atoms. The van der Waals surface area contributed by atoms with Crippen molar-refractivity contribution >= 4 is 11.6 Å². The molecule has 1 heterocycles. The van der Waals surface area contributed by atoms with Gasteiger partial charge in [0.1, 0.15) is 6.04 Å². The van der Waals surface area contributed by atoms with E-state index >= 15 is 0 Å². The van der Waals surface area contributed by atoms with Crippen LogP contribution in [-0.2, 0) is 16.0 Å². The van der Waals surface area contributed by atoms with Crippen LogP contribution >= 0.6 is 0 Å². The van der Waals surface area contributed by atoms with Gasteiger partial charge in [-0.25, -0.2) is 0 Å². The number of carbonyl (C=O) groups excluding carboxylic acids is 1. The Kier molecular flexibility index (Phi) is 5.21. The lowest BCUT2D eigenvalue weighted by Crippen LogP contribution is -2.42. The average Bonchev–Trinajstić information content (AvgIpc) is 2.46. The number of carbonyl (C=O) groups is 1. The van der Waals surface area contributed by atoms with Crippen LogP contribution in [0.1, 0.15) is 25.3 Å². The quantitative estimate of drug-likeness (QED) is 0.771. The van der Waals surface area contributed by atoms with Crippen molar-refractivity contribution in [3.8, 4) is 0 Å². The Balaban J connectivity index is 1.76. The predicted molar refractivity (Wildman–Crippen MR) is 76.3 cm³/mol. The van der Waals surface area contributed by atoms with Crippen LogP contribution in [0.3, 0.4) is 0 Å². The molecule has 2 N–H and O–H groups in total. The van der Waals surface area contributed by atoms with Crippen LogP contribution in [0.4, 0.5) is 5.69 Å². The Labute approximate surface area is 114 Å². The number of nitrogens with one attached hydrogen (secondary N) is 2. The molecule has 1 unspecified atom stereocenters. The van der Waals surface area contributed by atoms with Crippen molar-refractivity contribution in [2.75, 3.05) is 25.1 Å². The van der Waals surface area contributed by atoms with Gasteiger partial charge in [0.15, 0.2) is 0 Å². The van der Waals surface area contributed by atoms with Gasteiger partial charge in [-0.15, -0.1) is 0 Å². The molecule has 19 heavy (non-hydrogen) atoms. The van der Waals surface area contributed by atoms with Gasteiger partial charge in [-0.3, -0.25) is 4.79 Å². The number of amides is 1. The SMILES string of the molecule is CCOCCCNC(=O)C1CCc2ccccc2N1. The zero-order chi connectivity index (χ0) is 13.5. The van der Waals surface area contributed by atoms with Crippen molar-refractivity contribution in [1.82, 2.24) is 5.32 Å². The number of hydrogen-bond acceptors (Lipinski definition) is 3. The molecule has 2 rings (SSSR count). The highest BCUT2D eigenvalue weighted by Crippen LogP contribution is 2.24. The van der Waals surface area contributed by atoms with Gasteiger partial charge in [-0.1, -0.05) is 18.2 Å². The predicted octanol–water partition coefficient (Wildman–Crippen LogP) is 1.96. The van der Waals surface area contributed by atoms with Crippen molar-refractivity contribution in [2.24, 2.45) is 0 Å². The molecule has 0 aromatic heterocycles. The summed E-state index contributed by atoms with van der Waals surface area (Å²) in [6.07, 6.45) is 2.68. The van der Waals surface area contributed by atoms with Gasteiger partial charge in [-0.2, -0.15) is 0 Å². The van der Waals surface area contributed by atoms with Gasteiger partial charge < -0.3 is 15.4 Å². The second-order valence-corrected chi connectivity index (χ2v) is 4.73. The lowest BCUT2D eigenvalue weighted by molar-refractivity contribution is -0.122. The maximum Gasteiger partial charge on any atom is 0.242 e. The van der Waals surface area contributed by atoms with E-state index in [1.165, 1.54) is 5.56 Å². The fourth-order valence-electron chi connectivity index (χ4n) is 2.29. The van der Waals surface area contributed by atoms with E-state index in [0.717, 1.165) is 31.6 Å². The van der Waals surface area contributed by atoms with Gasteiger partial charge in [0, 0.05) is 25.4 Å². The van der Waals surface area contributed by atoms with E-state index in [4.69, 9.17) is 4.74 Å². The van der Waals surface area contributed by atoms with Crippen molar-refractivity contribution in [3.63, 3.8) is 0 Å². The molecule has 1 aromatic carbocycles. The highest BCUT2D eigenvalue weighted by Gasteiger charge is 2.22. The standard InChI is InChI=1S/C15H22N2O2/c1-2-19-11-5-10-16-15(18)14-9-8-12-6-3-4-7-13(12)17-14/h3-4,6-7,14,17H,2,5,8-11H2,1H3,(H,16,18). The van der Waals surface area contributed by atoms with E-state index in [-0.39, 0.29) is 11.9 Å². The Morgan fingerprint density at radius 2 is 2.32 bits per heavy atom. The van der Waals surface area contributed by atoms with E-state index in [0.29, 0.717) is 13.2 Å². The third-order valence-electron chi connectivity index (χ3n) is 3.33. The van der Waals surface area contributed by atoms with Crippen LogP contribution in [0.25, 0.3) is 0 Å². The molecular formula is C15H22N2O2. The first-order chi connectivity index (χ1) is 9.31. The summed E-state index contributed by atoms with van der Waals surface area (Å²) in [4.78, 5) is 12.0. The van der Waals surface area contributed by atoms with Crippen LogP contribution in [0.15, 0.2) is 24.3 Å². The summed E-state index contributed by atoms with van der Waals surface area (Å²) < 4.78 is 5.24. The highest BCUT2D eigenvalue weighted by atomic mass is 16.5. The van der Waals surface area contributed by atoms with Crippen molar-refractivity contribution < 1.29 is 9.53 Å². The summed E-state index contributed by atoms with van der Waals surface area (Å²) in [5, 5.41) is 6.27. The second-order valence-electron chi connectivity index (χ2n) is 4.73. The van der Waals surface area contributed by atoms with Crippen molar-refractivity contribution in [3.05, 3.63) is 29.8 Å². The highest BCUT2D eigenvalue weighted by molar-refractivity contribution is 5.85. The summed E-state index contributed by atoms with van der Waals surface area (Å²) in [6, 6.07) is 8.06. The van der Waals surface area contributed by atoms with Crippen molar-refractivity contribution in [2.45, 2.75) is 32.2 Å². The molecule has 4 heteroatoms. The number of benzene rings is 1. The number of rotatable bonds is 6. The number of hydrogen-bond donors (Lipinski definition) is 2.